The van der Waals surface area contributed by atoms with E-state index in [0.29, 0.717) is 12.2 Å². The lowest BCUT2D eigenvalue weighted by molar-refractivity contribution is 0.154. The number of aliphatic hydroxyl groups is 1. The molecule has 0 aliphatic carbocycles. The Kier molecular flexibility index (Phi) is 3.29. The second kappa shape index (κ2) is 4.11. The van der Waals surface area contributed by atoms with E-state index in [2.05, 4.69) is 10.5 Å². The molecule has 0 aliphatic heterocycles. The summed E-state index contributed by atoms with van der Waals surface area (Å²) in [5, 5.41) is 16.7. The van der Waals surface area contributed by atoms with E-state index in [1.807, 2.05) is 20.8 Å². The first kappa shape index (κ1) is 11.2. The summed E-state index contributed by atoms with van der Waals surface area (Å²) in [5.74, 6) is 0.717. The van der Waals surface area contributed by atoms with E-state index in [-0.39, 0.29) is 5.54 Å². The zero-order chi connectivity index (χ0) is 10.8. The molecule has 4 heteroatoms. The average molecular weight is 198 g/mol. The van der Waals surface area contributed by atoms with Crippen molar-refractivity contribution in [1.82, 2.24) is 10.5 Å². The highest BCUT2D eigenvalue weighted by atomic mass is 16.5. The molecule has 1 atom stereocenters. The van der Waals surface area contributed by atoms with Crippen LogP contribution in [0.2, 0.25) is 0 Å². The van der Waals surface area contributed by atoms with Crippen LogP contribution in [0, 0.1) is 6.92 Å². The van der Waals surface area contributed by atoms with E-state index in [9.17, 15) is 5.11 Å². The van der Waals surface area contributed by atoms with Crippen molar-refractivity contribution in [2.45, 2.75) is 39.3 Å². The average Bonchev–Trinajstić information content (AvgIpc) is 2.46. The molecule has 0 spiro atoms. The first-order valence-electron chi connectivity index (χ1n) is 4.75. The smallest absolute Gasteiger partial charge is 0.134 e. The summed E-state index contributed by atoms with van der Waals surface area (Å²) in [6.07, 6.45) is -0.605. The fourth-order valence-corrected chi connectivity index (χ4v) is 1.05. The molecule has 14 heavy (non-hydrogen) atoms. The highest BCUT2D eigenvalue weighted by Gasteiger charge is 2.15. The van der Waals surface area contributed by atoms with E-state index >= 15 is 0 Å². The topological polar surface area (TPSA) is 58.3 Å². The van der Waals surface area contributed by atoms with Gasteiger partial charge in [0.1, 0.15) is 17.6 Å². The minimum atomic E-state index is -0.605. The summed E-state index contributed by atoms with van der Waals surface area (Å²) in [6.45, 7) is 8.44. The van der Waals surface area contributed by atoms with Gasteiger partial charge < -0.3 is 14.9 Å². The van der Waals surface area contributed by atoms with Crippen molar-refractivity contribution in [1.29, 1.82) is 0 Å². The molecule has 0 aliphatic rings. The summed E-state index contributed by atoms with van der Waals surface area (Å²) < 4.78 is 4.88. The normalized spacial score (nSPS) is 14.4. The Labute approximate surface area is 84.3 Å². The van der Waals surface area contributed by atoms with Crippen LogP contribution in [-0.2, 0) is 0 Å². The van der Waals surface area contributed by atoms with Gasteiger partial charge in [0.2, 0.25) is 0 Å². The summed E-state index contributed by atoms with van der Waals surface area (Å²) >= 11 is 0. The number of aromatic nitrogens is 1. The van der Waals surface area contributed by atoms with Gasteiger partial charge in [0.25, 0.3) is 0 Å². The number of aliphatic hydroxyl groups excluding tert-OH is 1. The number of nitrogens with zero attached hydrogens (tertiary/aromatic N) is 1. The number of rotatable bonds is 3. The molecule has 1 aromatic heterocycles. The molecule has 0 saturated carbocycles. The fraction of sp³-hybridized carbons (Fsp3) is 0.700. The van der Waals surface area contributed by atoms with Crippen molar-refractivity contribution < 1.29 is 9.63 Å². The fourth-order valence-electron chi connectivity index (χ4n) is 1.05. The Morgan fingerprint density at radius 2 is 2.21 bits per heavy atom. The lowest BCUT2D eigenvalue weighted by Crippen LogP contribution is -2.38. The van der Waals surface area contributed by atoms with Crippen molar-refractivity contribution in [3.8, 4) is 0 Å². The minimum absolute atomic E-state index is 0.000238. The van der Waals surface area contributed by atoms with Crippen LogP contribution in [0.15, 0.2) is 10.6 Å². The van der Waals surface area contributed by atoms with E-state index in [1.54, 1.807) is 13.0 Å². The Balaban J connectivity index is 2.47. The summed E-state index contributed by atoms with van der Waals surface area (Å²) in [6, 6.07) is 1.75. The van der Waals surface area contributed by atoms with Gasteiger partial charge in [-0.15, -0.1) is 0 Å². The molecular formula is C10H18N2O2. The van der Waals surface area contributed by atoms with Crippen LogP contribution in [0.3, 0.4) is 0 Å². The first-order valence-corrected chi connectivity index (χ1v) is 4.75. The number of β-amino-alcohol motifs (C(OH)–C–C–N with tert-alkyl or cyclic N) is 1. The van der Waals surface area contributed by atoms with Gasteiger partial charge in [0.05, 0.1) is 0 Å². The van der Waals surface area contributed by atoms with Gasteiger partial charge in [-0.2, -0.15) is 0 Å². The molecule has 2 N–H and O–H groups in total. The molecule has 0 bridgehead atoms. The molecule has 0 aromatic carbocycles. The first-order chi connectivity index (χ1) is 6.38. The van der Waals surface area contributed by atoms with Crippen LogP contribution in [-0.4, -0.2) is 22.3 Å². The highest BCUT2D eigenvalue weighted by molar-refractivity contribution is 5.07. The third-order valence-corrected chi connectivity index (χ3v) is 1.81. The quantitative estimate of drug-likeness (QED) is 0.771. The molecule has 0 amide bonds. The van der Waals surface area contributed by atoms with Crippen molar-refractivity contribution >= 4 is 0 Å². The summed E-state index contributed by atoms with van der Waals surface area (Å²) in [4.78, 5) is 0. The number of hydrogen-bond acceptors (Lipinski definition) is 4. The van der Waals surface area contributed by atoms with Crippen LogP contribution in [0.5, 0.6) is 0 Å². The lowest BCUT2D eigenvalue weighted by atomic mass is 10.1. The molecule has 1 heterocycles. The SMILES string of the molecule is Cc1cc(C(O)CNC(C)(C)C)no1. The predicted molar refractivity (Wildman–Crippen MR) is 54.0 cm³/mol. The minimum Gasteiger partial charge on any atom is -0.385 e. The van der Waals surface area contributed by atoms with Crippen molar-refractivity contribution in [3.63, 3.8) is 0 Å². The summed E-state index contributed by atoms with van der Waals surface area (Å²) in [5.41, 5.74) is 0.582. The van der Waals surface area contributed by atoms with Crippen LogP contribution in [0.1, 0.15) is 38.3 Å². The monoisotopic (exact) mass is 198 g/mol. The molecule has 4 nitrogen and oxygen atoms in total. The molecule has 0 radical (unpaired) electrons. The van der Waals surface area contributed by atoms with Crippen LogP contribution in [0.4, 0.5) is 0 Å². The van der Waals surface area contributed by atoms with Gasteiger partial charge >= 0.3 is 0 Å². The maximum atomic E-state index is 9.71. The van der Waals surface area contributed by atoms with E-state index in [4.69, 9.17) is 4.52 Å². The molecule has 80 valence electrons. The zero-order valence-corrected chi connectivity index (χ0v) is 9.16. The van der Waals surface area contributed by atoms with Crippen molar-refractivity contribution in [2.75, 3.05) is 6.54 Å². The third kappa shape index (κ3) is 3.47. The van der Waals surface area contributed by atoms with Gasteiger partial charge in [-0.3, -0.25) is 0 Å². The molecule has 1 rings (SSSR count). The Morgan fingerprint density at radius 3 is 2.64 bits per heavy atom. The molecule has 0 saturated heterocycles. The van der Waals surface area contributed by atoms with E-state index in [1.165, 1.54) is 0 Å². The number of aryl methyl sites for hydroxylation is 1. The zero-order valence-electron chi connectivity index (χ0n) is 9.16. The maximum Gasteiger partial charge on any atom is 0.134 e. The molecule has 0 fully saturated rings. The van der Waals surface area contributed by atoms with Gasteiger partial charge in [-0.05, 0) is 27.7 Å². The lowest BCUT2D eigenvalue weighted by Gasteiger charge is -2.21. The van der Waals surface area contributed by atoms with Crippen LogP contribution >= 0.6 is 0 Å². The van der Waals surface area contributed by atoms with Gasteiger partial charge in [0.15, 0.2) is 0 Å². The standard InChI is InChI=1S/C10H18N2O2/c1-7-5-8(12-14-7)9(13)6-11-10(2,3)4/h5,9,11,13H,6H2,1-4H3. The maximum absolute atomic E-state index is 9.71. The van der Waals surface area contributed by atoms with Crippen LogP contribution < -0.4 is 5.32 Å². The largest absolute Gasteiger partial charge is 0.385 e. The Hall–Kier alpha value is -0.870. The molecule has 1 unspecified atom stereocenters. The highest BCUT2D eigenvalue weighted by Crippen LogP contribution is 2.12. The summed E-state index contributed by atoms with van der Waals surface area (Å²) in [7, 11) is 0. The second-order valence-corrected chi connectivity index (χ2v) is 4.51. The van der Waals surface area contributed by atoms with Crippen molar-refractivity contribution in [3.05, 3.63) is 17.5 Å². The number of nitrogens with one attached hydrogen (secondary N) is 1. The molecule has 1 aromatic rings. The Bertz CT molecular complexity index is 289. The molecular weight excluding hydrogens is 180 g/mol. The second-order valence-electron chi connectivity index (χ2n) is 4.51. The van der Waals surface area contributed by atoms with Crippen LogP contribution in [0.25, 0.3) is 0 Å². The van der Waals surface area contributed by atoms with Gasteiger partial charge in [0, 0.05) is 18.2 Å². The third-order valence-electron chi connectivity index (χ3n) is 1.81. The van der Waals surface area contributed by atoms with E-state index < -0.39 is 6.10 Å². The Morgan fingerprint density at radius 1 is 1.57 bits per heavy atom. The predicted octanol–water partition coefficient (Wildman–Crippen LogP) is 1.40. The number of hydrogen-bond donors (Lipinski definition) is 2. The van der Waals surface area contributed by atoms with Gasteiger partial charge in [-0.25, -0.2) is 0 Å². The van der Waals surface area contributed by atoms with E-state index in [0.717, 1.165) is 5.76 Å². The van der Waals surface area contributed by atoms with Gasteiger partial charge in [-0.1, -0.05) is 5.16 Å². The van der Waals surface area contributed by atoms with Crippen molar-refractivity contribution in [2.24, 2.45) is 0 Å².